The molecule has 1 aliphatic rings. The lowest BCUT2D eigenvalue weighted by Gasteiger charge is -2.28. The van der Waals surface area contributed by atoms with Gasteiger partial charge in [-0.25, -0.2) is 9.48 Å². The molecule has 1 aromatic carbocycles. The van der Waals surface area contributed by atoms with Gasteiger partial charge < -0.3 is 14.8 Å². The van der Waals surface area contributed by atoms with Gasteiger partial charge in [0.05, 0.1) is 17.1 Å². The van der Waals surface area contributed by atoms with Crippen LogP contribution < -0.4 is 5.32 Å². The van der Waals surface area contributed by atoms with Crippen LogP contribution in [0.5, 0.6) is 0 Å². The van der Waals surface area contributed by atoms with Gasteiger partial charge in [0.15, 0.2) is 0 Å². The normalized spacial score (nSPS) is 15.9. The standard InChI is InChI=1S/C17H19N5O5/c1-10-14(16(23)27-8-7-26-3)15(21-17(18-10)19-11(2)20-21)12-5-4-6-13(9-12)22(24)25/h4-6,9,15H,7-8H2,1-3H3,(H,18,19,20). The van der Waals surface area contributed by atoms with E-state index in [0.29, 0.717) is 28.6 Å². The second-order valence-corrected chi connectivity index (χ2v) is 5.97. The summed E-state index contributed by atoms with van der Waals surface area (Å²) in [6.07, 6.45) is 0. The fraction of sp³-hybridized carbons (Fsp3) is 0.353. The van der Waals surface area contributed by atoms with Crippen molar-refractivity contribution in [3.05, 3.63) is 57.0 Å². The maximum Gasteiger partial charge on any atom is 0.338 e. The van der Waals surface area contributed by atoms with Crippen molar-refractivity contribution in [1.82, 2.24) is 14.8 Å². The Kier molecular flexibility index (Phi) is 5.17. The first kappa shape index (κ1) is 18.5. The molecule has 2 heterocycles. The van der Waals surface area contributed by atoms with Crippen molar-refractivity contribution in [3.63, 3.8) is 0 Å². The topological polar surface area (TPSA) is 121 Å². The van der Waals surface area contributed by atoms with Crippen LogP contribution in [0.4, 0.5) is 11.6 Å². The minimum atomic E-state index is -0.697. The molecule has 10 nitrogen and oxygen atoms in total. The molecule has 0 aliphatic carbocycles. The van der Waals surface area contributed by atoms with Crippen molar-refractivity contribution in [2.75, 3.05) is 25.6 Å². The Hall–Kier alpha value is -3.27. The van der Waals surface area contributed by atoms with Crippen LogP contribution in [0.1, 0.15) is 24.4 Å². The number of carbonyl (C=O) groups excluding carboxylic acids is 1. The number of esters is 1. The van der Waals surface area contributed by atoms with Gasteiger partial charge in [-0.1, -0.05) is 12.1 Å². The zero-order chi connectivity index (χ0) is 19.6. The van der Waals surface area contributed by atoms with Gasteiger partial charge in [0.2, 0.25) is 5.95 Å². The highest BCUT2D eigenvalue weighted by atomic mass is 16.6. The smallest absolute Gasteiger partial charge is 0.338 e. The largest absolute Gasteiger partial charge is 0.460 e. The number of nitrogens with zero attached hydrogens (tertiary/aromatic N) is 4. The van der Waals surface area contributed by atoms with Crippen molar-refractivity contribution in [1.29, 1.82) is 0 Å². The molecular weight excluding hydrogens is 354 g/mol. The molecule has 1 N–H and O–H groups in total. The summed E-state index contributed by atoms with van der Waals surface area (Å²) in [7, 11) is 1.51. The molecule has 0 fully saturated rings. The number of aryl methyl sites for hydroxylation is 1. The molecule has 10 heteroatoms. The maximum absolute atomic E-state index is 12.7. The van der Waals surface area contributed by atoms with Crippen LogP contribution >= 0.6 is 0 Å². The molecule has 1 atom stereocenters. The lowest BCUT2D eigenvalue weighted by Crippen LogP contribution is -2.30. The van der Waals surface area contributed by atoms with Crippen molar-refractivity contribution < 1.29 is 19.2 Å². The van der Waals surface area contributed by atoms with E-state index in [2.05, 4.69) is 15.4 Å². The summed E-state index contributed by atoms with van der Waals surface area (Å²) < 4.78 is 11.7. The number of hydrogen-bond donors (Lipinski definition) is 1. The van der Waals surface area contributed by atoms with Gasteiger partial charge in [-0.05, 0) is 19.4 Å². The van der Waals surface area contributed by atoms with Gasteiger partial charge in [0, 0.05) is 24.9 Å². The quantitative estimate of drug-likeness (QED) is 0.353. The van der Waals surface area contributed by atoms with Gasteiger partial charge in [0.25, 0.3) is 5.69 Å². The number of allylic oxidation sites excluding steroid dienone is 1. The Morgan fingerprint density at radius 3 is 2.85 bits per heavy atom. The summed E-state index contributed by atoms with van der Waals surface area (Å²) in [4.78, 5) is 27.7. The fourth-order valence-electron chi connectivity index (χ4n) is 2.93. The summed E-state index contributed by atoms with van der Waals surface area (Å²) in [5.41, 5.74) is 1.32. The lowest BCUT2D eigenvalue weighted by atomic mass is 9.95. The number of nitrogens with one attached hydrogen (secondary N) is 1. The molecule has 0 saturated carbocycles. The minimum absolute atomic E-state index is 0.0748. The number of non-ortho nitro benzene ring substituents is 1. The number of ether oxygens (including phenoxy) is 2. The number of anilines is 1. The zero-order valence-corrected chi connectivity index (χ0v) is 15.1. The summed E-state index contributed by atoms with van der Waals surface area (Å²) >= 11 is 0. The molecule has 1 aliphatic heterocycles. The van der Waals surface area contributed by atoms with Crippen LogP contribution in [0.3, 0.4) is 0 Å². The number of carbonyl (C=O) groups is 1. The summed E-state index contributed by atoms with van der Waals surface area (Å²) in [5.74, 6) is 0.414. The molecule has 142 valence electrons. The van der Waals surface area contributed by atoms with Gasteiger partial charge in [-0.2, -0.15) is 10.1 Å². The first-order chi connectivity index (χ1) is 12.9. The van der Waals surface area contributed by atoms with Crippen LogP contribution in [-0.4, -0.2) is 46.0 Å². The third-order valence-electron chi connectivity index (χ3n) is 4.10. The first-order valence-corrected chi connectivity index (χ1v) is 8.23. The Morgan fingerprint density at radius 1 is 1.37 bits per heavy atom. The van der Waals surface area contributed by atoms with Gasteiger partial charge in [-0.15, -0.1) is 0 Å². The van der Waals surface area contributed by atoms with E-state index < -0.39 is 16.9 Å². The number of nitro benzene ring substituents is 1. The van der Waals surface area contributed by atoms with Crippen molar-refractivity contribution in [3.8, 4) is 0 Å². The van der Waals surface area contributed by atoms with Crippen molar-refractivity contribution in [2.45, 2.75) is 19.9 Å². The molecule has 3 rings (SSSR count). The summed E-state index contributed by atoms with van der Waals surface area (Å²) in [5, 5.41) is 18.6. The summed E-state index contributed by atoms with van der Waals surface area (Å²) in [6.45, 7) is 3.81. The number of hydrogen-bond acceptors (Lipinski definition) is 8. The van der Waals surface area contributed by atoms with Gasteiger partial charge in [-0.3, -0.25) is 10.1 Å². The number of fused-ring (bicyclic) bond motifs is 1. The van der Waals surface area contributed by atoms with E-state index in [9.17, 15) is 14.9 Å². The average molecular weight is 373 g/mol. The van der Waals surface area contributed by atoms with E-state index >= 15 is 0 Å². The Labute approximate surface area is 154 Å². The van der Waals surface area contributed by atoms with E-state index in [1.165, 1.54) is 23.9 Å². The van der Waals surface area contributed by atoms with Crippen LogP contribution in [0.25, 0.3) is 0 Å². The highest BCUT2D eigenvalue weighted by molar-refractivity contribution is 5.92. The van der Waals surface area contributed by atoms with E-state index in [4.69, 9.17) is 9.47 Å². The second kappa shape index (κ2) is 7.54. The third-order valence-corrected chi connectivity index (χ3v) is 4.10. The maximum atomic E-state index is 12.7. The molecule has 0 bridgehead atoms. The van der Waals surface area contributed by atoms with Crippen molar-refractivity contribution in [2.24, 2.45) is 0 Å². The number of aromatic nitrogens is 3. The molecule has 27 heavy (non-hydrogen) atoms. The van der Waals surface area contributed by atoms with E-state index in [0.717, 1.165) is 0 Å². The minimum Gasteiger partial charge on any atom is -0.460 e. The highest BCUT2D eigenvalue weighted by Gasteiger charge is 2.35. The average Bonchev–Trinajstić information content (AvgIpc) is 3.00. The molecule has 1 unspecified atom stereocenters. The second-order valence-electron chi connectivity index (χ2n) is 5.97. The molecular formula is C17H19N5O5. The van der Waals surface area contributed by atoms with Crippen molar-refractivity contribution >= 4 is 17.6 Å². The number of rotatable bonds is 6. The fourth-order valence-corrected chi connectivity index (χ4v) is 2.93. The van der Waals surface area contributed by atoms with E-state index in [1.807, 2.05) is 0 Å². The lowest BCUT2D eigenvalue weighted by molar-refractivity contribution is -0.384. The number of nitro groups is 1. The first-order valence-electron chi connectivity index (χ1n) is 8.23. The molecule has 0 saturated heterocycles. The summed E-state index contributed by atoms with van der Waals surface area (Å²) in [6, 6.07) is 5.40. The number of methoxy groups -OCH3 is 1. The van der Waals surface area contributed by atoms with Crippen LogP contribution in [-0.2, 0) is 14.3 Å². The molecule has 1 aromatic heterocycles. The predicted octanol–water partition coefficient (Wildman–Crippen LogP) is 1.97. The predicted molar refractivity (Wildman–Crippen MR) is 95.2 cm³/mol. The monoisotopic (exact) mass is 373 g/mol. The van der Waals surface area contributed by atoms with Crippen LogP contribution in [0.15, 0.2) is 35.5 Å². The van der Waals surface area contributed by atoms with E-state index in [-0.39, 0.29) is 18.9 Å². The molecule has 2 aromatic rings. The van der Waals surface area contributed by atoms with Gasteiger partial charge >= 0.3 is 5.97 Å². The Balaban J connectivity index is 2.08. The van der Waals surface area contributed by atoms with E-state index in [1.54, 1.807) is 26.0 Å². The molecule has 0 radical (unpaired) electrons. The highest BCUT2D eigenvalue weighted by Crippen LogP contribution is 2.36. The Morgan fingerprint density at radius 2 is 2.15 bits per heavy atom. The molecule has 0 spiro atoms. The van der Waals surface area contributed by atoms with Gasteiger partial charge in [0.1, 0.15) is 18.5 Å². The van der Waals surface area contributed by atoms with Crippen LogP contribution in [0.2, 0.25) is 0 Å². The Bertz CT molecular complexity index is 920. The zero-order valence-electron chi connectivity index (χ0n) is 15.1. The number of benzene rings is 1. The third kappa shape index (κ3) is 3.65. The SMILES string of the molecule is COCCOC(=O)C1=C(C)Nc2nc(C)nn2C1c1cccc([N+](=O)[O-])c1. The molecule has 0 amide bonds. The van der Waals surface area contributed by atoms with Crippen LogP contribution in [0, 0.1) is 17.0 Å².